The summed E-state index contributed by atoms with van der Waals surface area (Å²) in [5, 5.41) is 10.6. The molecule has 2 N–H and O–H groups in total. The van der Waals surface area contributed by atoms with Crippen molar-refractivity contribution in [2.45, 2.75) is 49.7 Å². The van der Waals surface area contributed by atoms with Gasteiger partial charge in [0.05, 0.1) is 5.75 Å². The number of carbonyl (C=O) groups excluding carboxylic acids is 2. The number of aromatic nitrogens is 3. The average molecular weight is 323 g/mol. The number of hydrogen-bond donors (Lipinski definition) is 2. The molecule has 2 fully saturated rings. The molecule has 0 radical (unpaired) electrons. The molecule has 22 heavy (non-hydrogen) atoms. The zero-order chi connectivity index (χ0) is 15.5. The van der Waals surface area contributed by atoms with Gasteiger partial charge in [0.2, 0.25) is 17.0 Å². The third kappa shape index (κ3) is 4.00. The molecule has 120 valence electrons. The molecule has 0 spiro atoms. The average Bonchev–Trinajstić information content (AvgIpc) is 3.23. The molecule has 2 aliphatic rings. The molecule has 1 aliphatic carbocycles. The molecule has 1 saturated heterocycles. The third-order valence-corrected chi connectivity index (χ3v) is 4.78. The maximum absolute atomic E-state index is 12.3. The van der Waals surface area contributed by atoms with Gasteiger partial charge in [-0.2, -0.15) is 0 Å². The zero-order valence-electron chi connectivity index (χ0n) is 12.7. The van der Waals surface area contributed by atoms with Gasteiger partial charge in [0.25, 0.3) is 0 Å². The lowest BCUT2D eigenvalue weighted by molar-refractivity contribution is -0.130. The first-order valence-corrected chi connectivity index (χ1v) is 8.70. The number of piperidine rings is 1. The largest absolute Gasteiger partial charge is 0.352 e. The fraction of sp³-hybridized carbons (Fsp3) is 0.714. The summed E-state index contributed by atoms with van der Waals surface area (Å²) in [6.45, 7) is 2.87. The second-order valence-corrected chi connectivity index (χ2v) is 6.89. The summed E-state index contributed by atoms with van der Waals surface area (Å²) in [5.74, 6) is 1.87. The molecule has 1 unspecified atom stereocenters. The van der Waals surface area contributed by atoms with E-state index in [1.54, 1.807) is 0 Å². The quantitative estimate of drug-likeness (QED) is 0.786. The van der Waals surface area contributed by atoms with E-state index < -0.39 is 0 Å². The molecule has 1 saturated carbocycles. The number of aromatic amines is 1. The summed E-state index contributed by atoms with van der Waals surface area (Å²) in [4.78, 5) is 29.6. The molecule has 1 atom stereocenters. The Morgan fingerprint density at radius 2 is 2.23 bits per heavy atom. The highest BCUT2D eigenvalue weighted by molar-refractivity contribution is 7.99. The van der Waals surface area contributed by atoms with Crippen LogP contribution in [0.25, 0.3) is 0 Å². The first-order valence-electron chi connectivity index (χ1n) is 7.72. The van der Waals surface area contributed by atoms with Crippen molar-refractivity contribution in [3.63, 3.8) is 0 Å². The van der Waals surface area contributed by atoms with Crippen LogP contribution in [-0.4, -0.2) is 56.8 Å². The predicted octanol–water partition coefficient (Wildman–Crippen LogP) is 0.901. The number of carbonyl (C=O) groups is 2. The van der Waals surface area contributed by atoms with Crippen LogP contribution < -0.4 is 5.32 Å². The van der Waals surface area contributed by atoms with Gasteiger partial charge in [-0.15, -0.1) is 5.10 Å². The molecule has 8 heteroatoms. The second kappa shape index (κ2) is 6.68. The van der Waals surface area contributed by atoms with Gasteiger partial charge in [-0.05, 0) is 25.7 Å². The van der Waals surface area contributed by atoms with Crippen LogP contribution in [0.5, 0.6) is 0 Å². The molecule has 1 aromatic rings. The molecule has 7 nitrogen and oxygen atoms in total. The summed E-state index contributed by atoms with van der Waals surface area (Å²) < 4.78 is 0. The lowest BCUT2D eigenvalue weighted by Gasteiger charge is -2.32. The van der Waals surface area contributed by atoms with Crippen molar-refractivity contribution in [1.82, 2.24) is 25.4 Å². The molecule has 1 aliphatic heterocycles. The van der Waals surface area contributed by atoms with Crippen molar-refractivity contribution >= 4 is 23.6 Å². The third-order valence-electron chi connectivity index (χ3n) is 3.95. The monoisotopic (exact) mass is 323 g/mol. The molecule has 0 aromatic carbocycles. The summed E-state index contributed by atoms with van der Waals surface area (Å²) >= 11 is 1.37. The van der Waals surface area contributed by atoms with E-state index in [0.717, 1.165) is 25.2 Å². The number of H-pyrrole nitrogens is 1. The molecule has 2 heterocycles. The minimum absolute atomic E-state index is 0.0398. The number of thioether (sulfide) groups is 1. The Kier molecular flexibility index (Phi) is 4.66. The highest BCUT2D eigenvalue weighted by Gasteiger charge is 2.28. The molecular weight excluding hydrogens is 302 g/mol. The van der Waals surface area contributed by atoms with E-state index in [1.807, 2.05) is 4.90 Å². The van der Waals surface area contributed by atoms with Crippen LogP contribution in [0.4, 0.5) is 0 Å². The normalized spacial score (nSPS) is 21.7. The summed E-state index contributed by atoms with van der Waals surface area (Å²) in [7, 11) is 0. The molecule has 3 rings (SSSR count). The van der Waals surface area contributed by atoms with Gasteiger partial charge in [0.1, 0.15) is 5.82 Å². The number of likely N-dealkylation sites (tertiary alicyclic amines) is 1. The van der Waals surface area contributed by atoms with Crippen LogP contribution in [0.1, 0.15) is 44.3 Å². The van der Waals surface area contributed by atoms with E-state index in [-0.39, 0.29) is 17.9 Å². The summed E-state index contributed by atoms with van der Waals surface area (Å²) in [6.07, 6.45) is 4.21. The number of hydrogen-bond acceptors (Lipinski definition) is 5. The minimum Gasteiger partial charge on any atom is -0.352 e. The van der Waals surface area contributed by atoms with Gasteiger partial charge in [0.15, 0.2) is 0 Å². The zero-order valence-corrected chi connectivity index (χ0v) is 13.5. The van der Waals surface area contributed by atoms with Crippen molar-refractivity contribution in [2.75, 3.05) is 18.8 Å². The maximum Gasteiger partial charge on any atom is 0.233 e. The topological polar surface area (TPSA) is 91.0 Å². The molecule has 0 bridgehead atoms. The number of nitrogens with zero attached hydrogens (tertiary/aromatic N) is 3. The Hall–Kier alpha value is -1.57. The van der Waals surface area contributed by atoms with Gasteiger partial charge in [-0.1, -0.05) is 11.8 Å². The number of amides is 2. The van der Waals surface area contributed by atoms with Crippen LogP contribution in [0.2, 0.25) is 0 Å². The lowest BCUT2D eigenvalue weighted by Crippen LogP contribution is -2.49. The Bertz CT molecular complexity index is 557. The first-order chi connectivity index (χ1) is 10.6. The fourth-order valence-corrected chi connectivity index (χ4v) is 3.40. The van der Waals surface area contributed by atoms with Crippen LogP contribution >= 0.6 is 11.8 Å². The molecule has 2 amide bonds. The Morgan fingerprint density at radius 1 is 1.41 bits per heavy atom. The second-order valence-electron chi connectivity index (χ2n) is 5.95. The fourth-order valence-electron chi connectivity index (χ4n) is 2.69. The minimum atomic E-state index is -0.0398. The first kappa shape index (κ1) is 15.3. The summed E-state index contributed by atoms with van der Waals surface area (Å²) in [6, 6.07) is 0.0742. The molecular formula is C14H21N5O2S. The van der Waals surface area contributed by atoms with Crippen molar-refractivity contribution in [3.05, 3.63) is 5.82 Å². The summed E-state index contributed by atoms with van der Waals surface area (Å²) in [5.41, 5.74) is 0. The maximum atomic E-state index is 12.3. The Labute approximate surface area is 133 Å². The predicted molar refractivity (Wildman–Crippen MR) is 82.5 cm³/mol. The van der Waals surface area contributed by atoms with Crippen molar-refractivity contribution in [3.8, 4) is 0 Å². The van der Waals surface area contributed by atoms with E-state index in [1.165, 1.54) is 31.5 Å². The number of nitrogens with one attached hydrogen (secondary N) is 2. The van der Waals surface area contributed by atoms with Gasteiger partial charge < -0.3 is 10.2 Å². The van der Waals surface area contributed by atoms with Gasteiger partial charge in [-0.3, -0.25) is 14.7 Å². The van der Waals surface area contributed by atoms with E-state index in [4.69, 9.17) is 0 Å². The van der Waals surface area contributed by atoms with Gasteiger partial charge in [-0.25, -0.2) is 4.98 Å². The van der Waals surface area contributed by atoms with Crippen molar-refractivity contribution < 1.29 is 9.59 Å². The van der Waals surface area contributed by atoms with Crippen molar-refractivity contribution in [1.29, 1.82) is 0 Å². The highest BCUT2D eigenvalue weighted by atomic mass is 32.2. The standard InChI is InChI=1S/C14H21N5O2S/c1-9(20)15-11-3-2-6-19(7-11)12(21)8-22-14-16-13(17-18-14)10-4-5-10/h10-11H,2-8H2,1H3,(H,15,20)(H,16,17,18). The van der Waals surface area contributed by atoms with E-state index in [2.05, 4.69) is 20.5 Å². The van der Waals surface area contributed by atoms with Crippen LogP contribution in [0.3, 0.4) is 0 Å². The van der Waals surface area contributed by atoms with Gasteiger partial charge >= 0.3 is 0 Å². The Morgan fingerprint density at radius 3 is 2.95 bits per heavy atom. The van der Waals surface area contributed by atoms with Gasteiger partial charge in [0, 0.05) is 32.0 Å². The van der Waals surface area contributed by atoms with Crippen LogP contribution in [-0.2, 0) is 9.59 Å². The highest BCUT2D eigenvalue weighted by Crippen LogP contribution is 2.38. The Balaban J connectivity index is 1.47. The molecule has 1 aromatic heterocycles. The van der Waals surface area contributed by atoms with Crippen molar-refractivity contribution in [2.24, 2.45) is 0 Å². The van der Waals surface area contributed by atoms with Crippen LogP contribution in [0, 0.1) is 0 Å². The van der Waals surface area contributed by atoms with E-state index >= 15 is 0 Å². The van der Waals surface area contributed by atoms with E-state index in [9.17, 15) is 9.59 Å². The van der Waals surface area contributed by atoms with Crippen LogP contribution in [0.15, 0.2) is 5.16 Å². The van der Waals surface area contributed by atoms with E-state index in [0.29, 0.717) is 23.4 Å². The SMILES string of the molecule is CC(=O)NC1CCCN(C(=O)CSc2n[nH]c(C3CC3)n2)C1. The lowest BCUT2D eigenvalue weighted by atomic mass is 10.1. The number of rotatable bonds is 5. The smallest absolute Gasteiger partial charge is 0.233 e.